The van der Waals surface area contributed by atoms with Gasteiger partial charge in [-0.15, -0.1) is 0 Å². The van der Waals surface area contributed by atoms with E-state index in [0.717, 1.165) is 39.0 Å². The van der Waals surface area contributed by atoms with Gasteiger partial charge in [-0.1, -0.05) is 48.0 Å². The molecule has 1 rings (SSSR count). The maximum Gasteiger partial charge on any atom is 0.0469 e. The molecule has 3 heteroatoms. The van der Waals surface area contributed by atoms with Gasteiger partial charge < -0.3 is 10.5 Å². The number of hydrogen-bond donors (Lipinski definition) is 1. The molecule has 0 bridgehead atoms. The van der Waals surface area contributed by atoms with E-state index in [1.807, 2.05) is 6.07 Å². The summed E-state index contributed by atoms with van der Waals surface area (Å²) in [6.45, 7) is 6.84. The summed E-state index contributed by atoms with van der Waals surface area (Å²) in [5, 5.41) is 0. The number of hydrogen-bond acceptors (Lipinski definition) is 2. The summed E-state index contributed by atoms with van der Waals surface area (Å²) in [6.07, 6.45) is 3.19. The lowest BCUT2D eigenvalue weighted by Crippen LogP contribution is -2.19. The molecular weight excluding hydrogens is 302 g/mol. The van der Waals surface area contributed by atoms with Crippen molar-refractivity contribution in [2.45, 2.75) is 33.1 Å². The zero-order chi connectivity index (χ0) is 14.1. The summed E-state index contributed by atoms with van der Waals surface area (Å²) in [5.41, 5.74) is 7.20. The first-order valence-corrected chi connectivity index (χ1v) is 7.94. The lowest BCUT2D eigenvalue weighted by molar-refractivity contribution is 0.111. The fourth-order valence-corrected chi connectivity index (χ4v) is 2.40. The fourth-order valence-electron chi connectivity index (χ4n) is 1.95. The molecule has 0 saturated carbocycles. The van der Waals surface area contributed by atoms with Gasteiger partial charge in [0.1, 0.15) is 0 Å². The van der Waals surface area contributed by atoms with Crippen molar-refractivity contribution in [3.63, 3.8) is 0 Å². The minimum Gasteiger partial charge on any atom is -0.381 e. The van der Waals surface area contributed by atoms with Crippen molar-refractivity contribution in [1.29, 1.82) is 0 Å². The molecule has 19 heavy (non-hydrogen) atoms. The second-order valence-corrected chi connectivity index (χ2v) is 6.34. The van der Waals surface area contributed by atoms with Crippen LogP contribution >= 0.6 is 15.9 Å². The molecule has 1 aromatic carbocycles. The number of benzene rings is 1. The first-order chi connectivity index (χ1) is 9.13. The average molecular weight is 328 g/mol. The second kappa shape index (κ2) is 9.51. The van der Waals surface area contributed by atoms with Gasteiger partial charge in [-0.3, -0.25) is 0 Å². The smallest absolute Gasteiger partial charge is 0.0469 e. The molecule has 0 saturated heterocycles. The van der Waals surface area contributed by atoms with Gasteiger partial charge in [-0.2, -0.15) is 0 Å². The monoisotopic (exact) mass is 327 g/mol. The third kappa shape index (κ3) is 7.09. The molecular formula is C16H26BrNO. The third-order valence-electron chi connectivity index (χ3n) is 3.31. The van der Waals surface area contributed by atoms with E-state index in [9.17, 15) is 0 Å². The Morgan fingerprint density at radius 1 is 1.16 bits per heavy atom. The predicted molar refractivity (Wildman–Crippen MR) is 85.3 cm³/mol. The Morgan fingerprint density at radius 2 is 1.84 bits per heavy atom. The molecule has 0 radical (unpaired) electrons. The molecule has 108 valence electrons. The van der Waals surface area contributed by atoms with Gasteiger partial charge in [0.05, 0.1) is 0 Å². The Morgan fingerprint density at radius 3 is 2.47 bits per heavy atom. The van der Waals surface area contributed by atoms with Crippen LogP contribution in [0.1, 0.15) is 32.3 Å². The van der Waals surface area contributed by atoms with E-state index in [2.05, 4.69) is 48.0 Å². The van der Waals surface area contributed by atoms with Crippen LogP contribution in [0.15, 0.2) is 28.7 Å². The van der Waals surface area contributed by atoms with Crippen molar-refractivity contribution >= 4 is 15.9 Å². The molecule has 0 aliphatic heterocycles. The molecule has 0 spiro atoms. The van der Waals surface area contributed by atoms with Gasteiger partial charge in [-0.25, -0.2) is 0 Å². The Hall–Kier alpha value is -0.380. The highest BCUT2D eigenvalue weighted by Crippen LogP contribution is 2.20. The molecule has 0 amide bonds. The summed E-state index contributed by atoms with van der Waals surface area (Å²) in [4.78, 5) is 0. The average Bonchev–Trinajstić information content (AvgIpc) is 2.39. The first kappa shape index (κ1) is 16.7. The van der Waals surface area contributed by atoms with E-state index < -0.39 is 0 Å². The van der Waals surface area contributed by atoms with Crippen molar-refractivity contribution in [3.8, 4) is 0 Å². The zero-order valence-electron chi connectivity index (χ0n) is 12.1. The summed E-state index contributed by atoms with van der Waals surface area (Å²) in [7, 11) is 0. The van der Waals surface area contributed by atoms with Crippen LogP contribution in [-0.2, 0) is 11.2 Å². The van der Waals surface area contributed by atoms with Crippen LogP contribution in [-0.4, -0.2) is 19.8 Å². The number of halogens is 1. The minimum absolute atomic E-state index is 0.498. The van der Waals surface area contributed by atoms with Crippen LogP contribution in [0.3, 0.4) is 0 Å². The number of rotatable bonds is 9. The molecule has 1 aromatic rings. The van der Waals surface area contributed by atoms with Crippen LogP contribution < -0.4 is 5.73 Å². The molecule has 0 aliphatic rings. The van der Waals surface area contributed by atoms with E-state index in [1.54, 1.807) is 0 Å². The minimum atomic E-state index is 0.498. The second-order valence-electron chi connectivity index (χ2n) is 5.48. The lowest BCUT2D eigenvalue weighted by Gasteiger charge is -2.16. The Kier molecular flexibility index (Phi) is 8.35. The van der Waals surface area contributed by atoms with Crippen LogP contribution in [0.2, 0.25) is 0 Å². The molecule has 0 aliphatic carbocycles. The van der Waals surface area contributed by atoms with E-state index in [1.165, 1.54) is 10.0 Å². The standard InChI is InChI=1S/C16H26BrNO/c1-13(2)7-9-19-10-8-14(12-18)11-15-5-3-4-6-16(15)17/h3-6,13-14H,7-12,18H2,1-2H3. The van der Waals surface area contributed by atoms with Gasteiger partial charge in [-0.05, 0) is 49.3 Å². The quantitative estimate of drug-likeness (QED) is 0.695. The lowest BCUT2D eigenvalue weighted by atomic mass is 9.97. The molecule has 1 unspecified atom stereocenters. The van der Waals surface area contributed by atoms with Crippen molar-refractivity contribution in [2.24, 2.45) is 17.6 Å². The largest absolute Gasteiger partial charge is 0.381 e. The van der Waals surface area contributed by atoms with Gasteiger partial charge in [0, 0.05) is 17.7 Å². The van der Waals surface area contributed by atoms with Crippen molar-refractivity contribution < 1.29 is 4.74 Å². The molecule has 0 fully saturated rings. The summed E-state index contributed by atoms with van der Waals surface area (Å²) in [5.74, 6) is 1.21. The van der Waals surface area contributed by atoms with Crippen LogP contribution in [0.25, 0.3) is 0 Å². The van der Waals surface area contributed by atoms with Crippen molar-refractivity contribution in [3.05, 3.63) is 34.3 Å². The molecule has 0 heterocycles. The summed E-state index contributed by atoms with van der Waals surface area (Å²) >= 11 is 3.59. The van der Waals surface area contributed by atoms with E-state index in [-0.39, 0.29) is 0 Å². The van der Waals surface area contributed by atoms with Gasteiger partial charge in [0.15, 0.2) is 0 Å². The molecule has 0 aromatic heterocycles. The SMILES string of the molecule is CC(C)CCOCCC(CN)Cc1ccccc1Br. The van der Waals surface area contributed by atoms with E-state index >= 15 is 0 Å². The first-order valence-electron chi connectivity index (χ1n) is 7.14. The fraction of sp³-hybridized carbons (Fsp3) is 0.625. The van der Waals surface area contributed by atoms with Gasteiger partial charge >= 0.3 is 0 Å². The topological polar surface area (TPSA) is 35.2 Å². The highest BCUT2D eigenvalue weighted by atomic mass is 79.9. The van der Waals surface area contributed by atoms with E-state index in [4.69, 9.17) is 10.5 Å². The molecule has 1 atom stereocenters. The predicted octanol–water partition coefficient (Wildman–Crippen LogP) is 4.02. The third-order valence-corrected chi connectivity index (χ3v) is 4.08. The summed E-state index contributed by atoms with van der Waals surface area (Å²) in [6, 6.07) is 8.36. The maximum absolute atomic E-state index is 5.86. The van der Waals surface area contributed by atoms with Gasteiger partial charge in [0.2, 0.25) is 0 Å². The normalized spacial score (nSPS) is 12.9. The van der Waals surface area contributed by atoms with Crippen LogP contribution in [0.5, 0.6) is 0 Å². The van der Waals surface area contributed by atoms with Crippen LogP contribution in [0.4, 0.5) is 0 Å². The zero-order valence-corrected chi connectivity index (χ0v) is 13.7. The number of nitrogens with two attached hydrogens (primary N) is 1. The summed E-state index contributed by atoms with van der Waals surface area (Å²) < 4.78 is 6.85. The molecule has 2 N–H and O–H groups in total. The Labute approximate surface area is 125 Å². The van der Waals surface area contributed by atoms with Crippen LogP contribution in [0, 0.1) is 11.8 Å². The highest BCUT2D eigenvalue weighted by Gasteiger charge is 2.10. The van der Waals surface area contributed by atoms with Crippen molar-refractivity contribution in [1.82, 2.24) is 0 Å². The van der Waals surface area contributed by atoms with Gasteiger partial charge in [0.25, 0.3) is 0 Å². The van der Waals surface area contributed by atoms with E-state index in [0.29, 0.717) is 11.8 Å². The highest BCUT2D eigenvalue weighted by molar-refractivity contribution is 9.10. The van der Waals surface area contributed by atoms with Crippen molar-refractivity contribution in [2.75, 3.05) is 19.8 Å². The number of ether oxygens (including phenoxy) is 1. The Balaban J connectivity index is 2.28. The maximum atomic E-state index is 5.86. The molecule has 2 nitrogen and oxygen atoms in total. The Bertz CT molecular complexity index is 354.